The number of benzene rings is 1. The van der Waals surface area contributed by atoms with Gasteiger partial charge in [0, 0.05) is 17.5 Å². The lowest BCUT2D eigenvalue weighted by atomic mass is 9.69. The fourth-order valence-electron chi connectivity index (χ4n) is 4.09. The second-order valence-corrected chi connectivity index (χ2v) is 8.69. The van der Waals surface area contributed by atoms with E-state index in [1.165, 1.54) is 5.56 Å². The van der Waals surface area contributed by atoms with Gasteiger partial charge in [-0.25, -0.2) is 14.1 Å². The Hall–Kier alpha value is -2.08. The number of fused-ring (bicyclic) bond motifs is 4. The topological polar surface area (TPSA) is 52.2 Å². The predicted molar refractivity (Wildman–Crippen MR) is 111 cm³/mol. The van der Waals surface area contributed by atoms with Crippen molar-refractivity contribution in [2.45, 2.75) is 64.1 Å². The minimum atomic E-state index is -0.212. The first-order valence-electron chi connectivity index (χ1n) is 9.79. The number of rotatable bonds is 5. The Labute approximate surface area is 163 Å². The first-order chi connectivity index (χ1) is 13.0. The van der Waals surface area contributed by atoms with E-state index >= 15 is 0 Å². The van der Waals surface area contributed by atoms with Crippen LogP contribution in [0.2, 0.25) is 0 Å². The van der Waals surface area contributed by atoms with Gasteiger partial charge in [-0.3, -0.25) is 4.79 Å². The van der Waals surface area contributed by atoms with Gasteiger partial charge >= 0.3 is 0 Å². The molecule has 0 radical (unpaired) electrons. The van der Waals surface area contributed by atoms with Gasteiger partial charge < -0.3 is 0 Å². The third-order valence-electron chi connectivity index (χ3n) is 5.64. The highest BCUT2D eigenvalue weighted by atomic mass is 32.2. The van der Waals surface area contributed by atoms with Crippen LogP contribution in [0.1, 0.15) is 51.7 Å². The zero-order valence-corrected chi connectivity index (χ0v) is 17.3. The summed E-state index contributed by atoms with van der Waals surface area (Å²) < 4.78 is 3.63. The van der Waals surface area contributed by atoms with Crippen LogP contribution in [-0.2, 0) is 18.4 Å². The number of nitrogens with zero attached hydrogens (tertiary/aromatic N) is 4. The van der Waals surface area contributed by atoms with Crippen LogP contribution in [0.3, 0.4) is 0 Å². The van der Waals surface area contributed by atoms with Crippen molar-refractivity contribution in [2.24, 2.45) is 0 Å². The van der Waals surface area contributed by atoms with E-state index in [2.05, 4.69) is 45.9 Å². The lowest BCUT2D eigenvalue weighted by Crippen LogP contribution is -2.37. The summed E-state index contributed by atoms with van der Waals surface area (Å²) >= 11 is 1.60. The minimum absolute atomic E-state index is 0.0483. The van der Waals surface area contributed by atoms with Crippen molar-refractivity contribution in [1.82, 2.24) is 19.2 Å². The first-order valence-corrected chi connectivity index (χ1v) is 10.8. The molecule has 6 heteroatoms. The normalized spacial score (nSPS) is 18.5. The monoisotopic (exact) mass is 382 g/mol. The van der Waals surface area contributed by atoms with E-state index in [1.807, 2.05) is 10.7 Å². The molecule has 0 aliphatic heterocycles. The third-order valence-corrected chi connectivity index (χ3v) is 6.45. The summed E-state index contributed by atoms with van der Waals surface area (Å²) in [6, 6.07) is 8.36. The molecule has 1 unspecified atom stereocenters. The van der Waals surface area contributed by atoms with Crippen molar-refractivity contribution in [3.05, 3.63) is 45.7 Å². The van der Waals surface area contributed by atoms with Gasteiger partial charge in [-0.2, -0.15) is 0 Å². The van der Waals surface area contributed by atoms with E-state index in [0.717, 1.165) is 53.5 Å². The maximum atomic E-state index is 13.7. The molecule has 1 atom stereocenters. The van der Waals surface area contributed by atoms with Gasteiger partial charge in [-0.15, -0.1) is 5.10 Å². The van der Waals surface area contributed by atoms with Gasteiger partial charge in [0.25, 0.3) is 5.56 Å². The molecule has 0 saturated carbocycles. The van der Waals surface area contributed by atoms with Gasteiger partial charge in [0.15, 0.2) is 5.16 Å². The average Bonchev–Trinajstić information content (AvgIpc) is 3.00. The van der Waals surface area contributed by atoms with E-state index in [4.69, 9.17) is 10.1 Å². The van der Waals surface area contributed by atoms with E-state index in [-0.39, 0.29) is 11.0 Å². The summed E-state index contributed by atoms with van der Waals surface area (Å²) in [6.45, 7) is 9.31. The Bertz CT molecular complexity index is 1070. The Kier molecular flexibility index (Phi) is 4.62. The molecule has 3 aromatic rings. The Morgan fingerprint density at radius 3 is 2.70 bits per heavy atom. The first kappa shape index (κ1) is 18.3. The van der Waals surface area contributed by atoms with Crippen molar-refractivity contribution < 1.29 is 0 Å². The highest BCUT2D eigenvalue weighted by Crippen LogP contribution is 2.42. The summed E-state index contributed by atoms with van der Waals surface area (Å²) in [6.07, 6.45) is 2.72. The smallest absolute Gasteiger partial charge is 0.265 e. The molecule has 0 spiro atoms. The SMILES string of the molecule is CCCn1nc(SCC)n2c(=O)c3c(nc12)-c1ccccc1CC3(C)CC. The largest absolute Gasteiger partial charge is 0.268 e. The van der Waals surface area contributed by atoms with Crippen LogP contribution in [0, 0.1) is 0 Å². The van der Waals surface area contributed by atoms with Crippen molar-refractivity contribution in [1.29, 1.82) is 0 Å². The molecular weight excluding hydrogens is 356 g/mol. The molecule has 0 fully saturated rings. The Morgan fingerprint density at radius 2 is 2.00 bits per heavy atom. The van der Waals surface area contributed by atoms with E-state index in [0.29, 0.717) is 5.78 Å². The van der Waals surface area contributed by atoms with Crippen LogP contribution >= 0.6 is 11.8 Å². The second-order valence-electron chi connectivity index (χ2n) is 7.46. The second kappa shape index (κ2) is 6.82. The summed E-state index contributed by atoms with van der Waals surface area (Å²) in [4.78, 5) is 18.8. The van der Waals surface area contributed by atoms with E-state index in [1.54, 1.807) is 16.2 Å². The van der Waals surface area contributed by atoms with Crippen molar-refractivity contribution >= 4 is 17.5 Å². The van der Waals surface area contributed by atoms with Crippen LogP contribution in [0.15, 0.2) is 34.2 Å². The zero-order valence-electron chi connectivity index (χ0n) is 16.5. The maximum Gasteiger partial charge on any atom is 0.265 e. The molecule has 27 heavy (non-hydrogen) atoms. The fraction of sp³-hybridized carbons (Fsp3) is 0.476. The summed E-state index contributed by atoms with van der Waals surface area (Å²) in [5.74, 6) is 1.53. The molecule has 1 aliphatic carbocycles. The molecular formula is C21H26N4OS. The molecule has 0 bridgehead atoms. The van der Waals surface area contributed by atoms with Crippen molar-refractivity contribution in [3.8, 4) is 11.3 Å². The van der Waals surface area contributed by atoms with Crippen LogP contribution < -0.4 is 5.56 Å². The zero-order chi connectivity index (χ0) is 19.2. The molecule has 142 valence electrons. The lowest BCUT2D eigenvalue weighted by Gasteiger charge is -2.35. The van der Waals surface area contributed by atoms with Crippen molar-refractivity contribution in [2.75, 3.05) is 5.75 Å². The van der Waals surface area contributed by atoms with Gasteiger partial charge in [-0.05, 0) is 30.6 Å². The van der Waals surface area contributed by atoms with Crippen LogP contribution in [0.5, 0.6) is 0 Å². The molecule has 2 heterocycles. The van der Waals surface area contributed by atoms with E-state index in [9.17, 15) is 4.79 Å². The molecule has 0 amide bonds. The number of hydrogen-bond acceptors (Lipinski definition) is 4. The number of thioether (sulfide) groups is 1. The summed E-state index contributed by atoms with van der Waals surface area (Å²) in [5.41, 5.74) is 3.89. The van der Waals surface area contributed by atoms with Crippen LogP contribution in [0.4, 0.5) is 0 Å². The maximum absolute atomic E-state index is 13.7. The Morgan fingerprint density at radius 1 is 1.22 bits per heavy atom. The van der Waals surface area contributed by atoms with Gasteiger partial charge in [-0.1, -0.05) is 63.7 Å². The number of hydrogen-bond donors (Lipinski definition) is 0. The van der Waals surface area contributed by atoms with Gasteiger partial charge in [0.05, 0.1) is 11.3 Å². The number of aromatic nitrogens is 4. The van der Waals surface area contributed by atoms with Gasteiger partial charge in [0.2, 0.25) is 5.78 Å². The third kappa shape index (κ3) is 2.73. The van der Waals surface area contributed by atoms with E-state index < -0.39 is 0 Å². The predicted octanol–water partition coefficient (Wildman–Crippen LogP) is 4.30. The minimum Gasteiger partial charge on any atom is -0.268 e. The lowest BCUT2D eigenvalue weighted by molar-refractivity contribution is 0.439. The van der Waals surface area contributed by atoms with Crippen molar-refractivity contribution in [3.63, 3.8) is 0 Å². The Balaban J connectivity index is 2.12. The molecule has 5 nitrogen and oxygen atoms in total. The average molecular weight is 383 g/mol. The highest BCUT2D eigenvalue weighted by molar-refractivity contribution is 7.99. The molecule has 1 aromatic carbocycles. The highest BCUT2D eigenvalue weighted by Gasteiger charge is 2.38. The van der Waals surface area contributed by atoms with Gasteiger partial charge in [0.1, 0.15) is 0 Å². The molecule has 4 rings (SSSR count). The summed E-state index contributed by atoms with van der Waals surface area (Å²) in [7, 11) is 0. The standard InChI is InChI=1S/C21H26N4OS/c1-5-12-24-19-22-17-15-11-9-8-10-14(15)13-21(4,6-2)16(17)18(26)25(19)20(23-24)27-7-3/h8-11H,5-7,12-13H2,1-4H3. The molecule has 1 aliphatic rings. The number of aryl methyl sites for hydroxylation is 1. The fourth-order valence-corrected chi connectivity index (χ4v) is 4.80. The molecule has 0 saturated heterocycles. The van der Waals surface area contributed by atoms with Crippen LogP contribution in [-0.4, -0.2) is 24.9 Å². The summed E-state index contributed by atoms with van der Waals surface area (Å²) in [5, 5.41) is 5.46. The molecule has 0 N–H and O–H groups in total. The van der Waals surface area contributed by atoms with Crippen LogP contribution in [0.25, 0.3) is 17.0 Å². The quantitative estimate of drug-likeness (QED) is 0.617. The molecule has 2 aromatic heterocycles.